The maximum absolute atomic E-state index is 12.8. The van der Waals surface area contributed by atoms with E-state index in [-0.39, 0.29) is 22.0 Å². The molecule has 0 unspecified atom stereocenters. The lowest BCUT2D eigenvalue weighted by Gasteiger charge is -2.18. The van der Waals surface area contributed by atoms with E-state index in [9.17, 15) is 25.0 Å². The van der Waals surface area contributed by atoms with Crippen LogP contribution in [0.1, 0.15) is 15.9 Å². The molecule has 2 aromatic carbocycles. The van der Waals surface area contributed by atoms with Crippen LogP contribution in [0.4, 0.5) is 11.4 Å². The van der Waals surface area contributed by atoms with E-state index < -0.39 is 15.8 Å². The highest BCUT2D eigenvalue weighted by Crippen LogP contribution is 2.27. The first-order chi connectivity index (χ1) is 13.4. The minimum Gasteiger partial charge on any atom is -0.286 e. The van der Waals surface area contributed by atoms with E-state index in [1.165, 1.54) is 40.9 Å². The number of hydrogen-bond acceptors (Lipinski definition) is 7. The lowest BCUT2D eigenvalue weighted by atomic mass is 10.2. The molecule has 1 amide bonds. The van der Waals surface area contributed by atoms with Crippen LogP contribution in [0.25, 0.3) is 0 Å². The Morgan fingerprint density at radius 2 is 1.96 bits per heavy atom. The van der Waals surface area contributed by atoms with Gasteiger partial charge in [-0.05, 0) is 17.7 Å². The zero-order valence-corrected chi connectivity index (χ0v) is 15.9. The fourth-order valence-electron chi connectivity index (χ4n) is 2.59. The van der Waals surface area contributed by atoms with Crippen LogP contribution < -0.4 is 0 Å². The van der Waals surface area contributed by atoms with Crippen LogP contribution in [0.3, 0.4) is 0 Å². The third-order valence-electron chi connectivity index (χ3n) is 3.93. The van der Waals surface area contributed by atoms with Gasteiger partial charge in [-0.2, -0.15) is 0 Å². The van der Waals surface area contributed by atoms with E-state index >= 15 is 0 Å². The molecular formula is C17H13ClN4O5S. The molecule has 1 aliphatic rings. The van der Waals surface area contributed by atoms with Crippen LogP contribution in [0, 0.1) is 20.2 Å². The molecule has 1 heterocycles. The van der Waals surface area contributed by atoms with Crippen LogP contribution in [0.15, 0.2) is 47.5 Å². The summed E-state index contributed by atoms with van der Waals surface area (Å²) in [6, 6.07) is 10.1. The van der Waals surface area contributed by atoms with Crippen molar-refractivity contribution in [1.29, 1.82) is 0 Å². The van der Waals surface area contributed by atoms with Crippen molar-refractivity contribution < 1.29 is 14.6 Å². The minimum atomic E-state index is -0.644. The van der Waals surface area contributed by atoms with Crippen molar-refractivity contribution in [3.8, 4) is 0 Å². The van der Waals surface area contributed by atoms with Crippen LogP contribution in [0.5, 0.6) is 0 Å². The molecule has 3 rings (SSSR count). The number of aliphatic imine (C=N–C) groups is 1. The number of carbonyl (C=O) groups is 1. The number of amides is 1. The second-order valence-corrected chi connectivity index (χ2v) is 7.11. The molecule has 11 heteroatoms. The molecule has 2 aromatic rings. The van der Waals surface area contributed by atoms with Crippen molar-refractivity contribution in [2.24, 2.45) is 4.99 Å². The monoisotopic (exact) mass is 420 g/mol. The van der Waals surface area contributed by atoms with Crippen LogP contribution in [-0.2, 0) is 5.75 Å². The second kappa shape index (κ2) is 8.36. The number of thioether (sulfide) groups is 1. The highest BCUT2D eigenvalue weighted by molar-refractivity contribution is 8.13. The number of hydrogen-bond donors (Lipinski definition) is 0. The number of nitro groups is 2. The molecule has 0 fully saturated rings. The Kier molecular flexibility index (Phi) is 5.90. The first kappa shape index (κ1) is 19.8. The Bertz CT molecular complexity index is 997. The van der Waals surface area contributed by atoms with Gasteiger partial charge in [0.25, 0.3) is 17.3 Å². The highest BCUT2D eigenvalue weighted by atomic mass is 35.5. The number of rotatable bonds is 5. The molecule has 0 saturated carbocycles. The average Bonchev–Trinajstić information content (AvgIpc) is 3.14. The average molecular weight is 421 g/mol. The number of amidine groups is 1. The van der Waals surface area contributed by atoms with Gasteiger partial charge in [0.15, 0.2) is 5.17 Å². The molecule has 0 N–H and O–H groups in total. The van der Waals surface area contributed by atoms with Crippen molar-refractivity contribution in [2.75, 3.05) is 13.1 Å². The lowest BCUT2D eigenvalue weighted by molar-refractivity contribution is -0.385. The van der Waals surface area contributed by atoms with Crippen molar-refractivity contribution in [2.45, 2.75) is 5.75 Å². The summed E-state index contributed by atoms with van der Waals surface area (Å²) in [6.07, 6.45) is 0. The Labute approximate surface area is 168 Å². The molecule has 9 nitrogen and oxygen atoms in total. The van der Waals surface area contributed by atoms with Gasteiger partial charge in [0.2, 0.25) is 0 Å². The molecule has 0 spiro atoms. The van der Waals surface area contributed by atoms with E-state index in [1.807, 2.05) is 0 Å². The van der Waals surface area contributed by atoms with E-state index in [2.05, 4.69) is 4.99 Å². The summed E-state index contributed by atoms with van der Waals surface area (Å²) in [6.45, 7) is 0.769. The van der Waals surface area contributed by atoms with Gasteiger partial charge in [-0.15, -0.1) is 0 Å². The Morgan fingerprint density at radius 1 is 1.18 bits per heavy atom. The van der Waals surface area contributed by atoms with Crippen molar-refractivity contribution >= 4 is 45.8 Å². The predicted molar refractivity (Wildman–Crippen MR) is 106 cm³/mol. The second-order valence-electron chi connectivity index (χ2n) is 5.76. The molecule has 28 heavy (non-hydrogen) atoms. The third kappa shape index (κ3) is 4.29. The standard InChI is InChI=1S/C17H13ClN4O5S/c18-14-5-4-12(9-15(14)22(26)27)16(23)20-7-6-19-17(20)28-10-11-2-1-3-13(8-11)21(24)25/h1-5,8-9H,6-7,10H2. The van der Waals surface area contributed by atoms with Crippen molar-refractivity contribution in [3.05, 3.63) is 78.8 Å². The lowest BCUT2D eigenvalue weighted by Crippen LogP contribution is -2.32. The molecule has 0 radical (unpaired) electrons. The summed E-state index contributed by atoms with van der Waals surface area (Å²) >= 11 is 7.07. The molecule has 0 saturated heterocycles. The molecule has 144 valence electrons. The van der Waals surface area contributed by atoms with Gasteiger partial charge in [-0.25, -0.2) is 0 Å². The predicted octanol–water partition coefficient (Wildman–Crippen LogP) is 3.90. The normalized spacial score (nSPS) is 13.3. The molecule has 1 aliphatic heterocycles. The topological polar surface area (TPSA) is 119 Å². The Balaban J connectivity index is 1.73. The number of nitro benzene ring substituents is 2. The Hall–Kier alpha value is -2.98. The molecule has 0 atom stereocenters. The summed E-state index contributed by atoms with van der Waals surface area (Å²) in [7, 11) is 0. The van der Waals surface area contributed by atoms with E-state index in [0.717, 1.165) is 11.6 Å². The van der Waals surface area contributed by atoms with Gasteiger partial charge in [-0.1, -0.05) is 35.5 Å². The van der Waals surface area contributed by atoms with E-state index in [1.54, 1.807) is 12.1 Å². The zero-order chi connectivity index (χ0) is 20.3. The van der Waals surface area contributed by atoms with Crippen LogP contribution in [-0.4, -0.2) is 38.9 Å². The smallest absolute Gasteiger partial charge is 0.286 e. The molecular weight excluding hydrogens is 408 g/mol. The quantitative estimate of drug-likeness (QED) is 0.534. The fraction of sp³-hybridized carbons (Fsp3) is 0.176. The Morgan fingerprint density at radius 3 is 2.68 bits per heavy atom. The first-order valence-corrected chi connectivity index (χ1v) is 9.39. The summed E-state index contributed by atoms with van der Waals surface area (Å²) < 4.78 is 0. The largest absolute Gasteiger partial charge is 0.288 e. The molecule has 0 bridgehead atoms. The van der Waals surface area contributed by atoms with Gasteiger partial charge in [0.1, 0.15) is 5.02 Å². The maximum atomic E-state index is 12.8. The highest BCUT2D eigenvalue weighted by Gasteiger charge is 2.27. The summed E-state index contributed by atoms with van der Waals surface area (Å²) in [5.74, 6) is -0.0204. The zero-order valence-electron chi connectivity index (χ0n) is 14.3. The van der Waals surface area contributed by atoms with Gasteiger partial charge in [0, 0.05) is 36.1 Å². The van der Waals surface area contributed by atoms with Gasteiger partial charge in [-0.3, -0.25) is 34.9 Å². The van der Waals surface area contributed by atoms with E-state index in [0.29, 0.717) is 24.0 Å². The maximum Gasteiger partial charge on any atom is 0.288 e. The SMILES string of the molecule is O=C(c1ccc(Cl)c([N+](=O)[O-])c1)N1CCN=C1SCc1cccc([N+](=O)[O-])c1. The number of carbonyl (C=O) groups excluding carboxylic acids is 1. The van der Waals surface area contributed by atoms with Gasteiger partial charge in [0.05, 0.1) is 16.4 Å². The third-order valence-corrected chi connectivity index (χ3v) is 5.33. The number of benzene rings is 2. The number of non-ortho nitro benzene ring substituents is 1. The van der Waals surface area contributed by atoms with Crippen molar-refractivity contribution in [3.63, 3.8) is 0 Å². The summed E-state index contributed by atoms with van der Waals surface area (Å²) in [4.78, 5) is 39.3. The minimum absolute atomic E-state index is 0.00660. The van der Waals surface area contributed by atoms with Gasteiger partial charge < -0.3 is 0 Å². The first-order valence-electron chi connectivity index (χ1n) is 8.03. The van der Waals surface area contributed by atoms with Crippen LogP contribution >= 0.6 is 23.4 Å². The van der Waals surface area contributed by atoms with Gasteiger partial charge >= 0.3 is 0 Å². The number of nitrogens with zero attached hydrogens (tertiary/aromatic N) is 4. The summed E-state index contributed by atoms with van der Waals surface area (Å²) in [5.41, 5.74) is 0.521. The number of halogens is 1. The van der Waals surface area contributed by atoms with E-state index in [4.69, 9.17) is 11.6 Å². The fourth-order valence-corrected chi connectivity index (χ4v) is 3.76. The van der Waals surface area contributed by atoms with Crippen LogP contribution in [0.2, 0.25) is 5.02 Å². The molecule has 0 aromatic heterocycles. The molecule has 0 aliphatic carbocycles. The summed E-state index contributed by atoms with van der Waals surface area (Å²) in [5, 5.41) is 22.3. The van der Waals surface area contributed by atoms with Crippen molar-refractivity contribution in [1.82, 2.24) is 4.90 Å².